The van der Waals surface area contributed by atoms with E-state index in [1.165, 1.54) is 6.07 Å². The van der Waals surface area contributed by atoms with Gasteiger partial charge in [0.15, 0.2) is 0 Å². The number of benzene rings is 1. The van der Waals surface area contributed by atoms with Crippen molar-refractivity contribution in [2.45, 2.75) is 32.8 Å². The molecule has 0 aliphatic carbocycles. The molecule has 0 bridgehead atoms. The molecule has 1 aromatic carbocycles. The molecule has 5 heteroatoms. The lowest BCUT2D eigenvalue weighted by molar-refractivity contribution is 0.198. The van der Waals surface area contributed by atoms with E-state index in [0.717, 1.165) is 16.5 Å². The van der Waals surface area contributed by atoms with Crippen molar-refractivity contribution in [1.82, 2.24) is 0 Å². The highest BCUT2D eigenvalue weighted by atomic mass is 16.5. The Bertz CT molecular complexity index is 832. The number of rotatable bonds is 8. The van der Waals surface area contributed by atoms with E-state index < -0.39 is 11.7 Å². The second-order valence-corrected chi connectivity index (χ2v) is 6.11. The zero-order chi connectivity index (χ0) is 18.4. The SMILES string of the molecule is C=C(C)C(O)CCC(=CCOc1cc(=O)oc2cccc(C)c12)CO. The van der Waals surface area contributed by atoms with Gasteiger partial charge >= 0.3 is 5.63 Å². The number of aliphatic hydroxyl groups excluding tert-OH is 2. The Morgan fingerprint density at radius 3 is 2.88 bits per heavy atom. The van der Waals surface area contributed by atoms with Gasteiger partial charge in [0.1, 0.15) is 17.9 Å². The molecular weight excluding hydrogens is 320 g/mol. The van der Waals surface area contributed by atoms with Gasteiger partial charge in [0.25, 0.3) is 0 Å². The van der Waals surface area contributed by atoms with Crippen LogP contribution >= 0.6 is 0 Å². The number of hydrogen-bond donors (Lipinski definition) is 2. The van der Waals surface area contributed by atoms with Crippen LogP contribution in [0.1, 0.15) is 25.3 Å². The standard InChI is InChI=1S/C20H24O5/c1-13(2)16(22)8-7-15(12-21)9-10-24-18-11-19(23)25-17-6-4-5-14(3)20(17)18/h4-6,9,11,16,21-22H,1,7-8,10,12H2,2-3H3. The largest absolute Gasteiger partial charge is 0.488 e. The molecule has 25 heavy (non-hydrogen) atoms. The Hall–Kier alpha value is -2.37. The minimum absolute atomic E-state index is 0.108. The van der Waals surface area contributed by atoms with E-state index in [1.54, 1.807) is 19.1 Å². The van der Waals surface area contributed by atoms with E-state index in [-0.39, 0.29) is 13.2 Å². The van der Waals surface area contributed by atoms with Crippen molar-refractivity contribution in [2.75, 3.05) is 13.2 Å². The second-order valence-electron chi connectivity index (χ2n) is 6.11. The third kappa shape index (κ3) is 5.05. The van der Waals surface area contributed by atoms with Crippen molar-refractivity contribution in [2.24, 2.45) is 0 Å². The summed E-state index contributed by atoms with van der Waals surface area (Å²) < 4.78 is 10.9. The Morgan fingerprint density at radius 1 is 1.44 bits per heavy atom. The van der Waals surface area contributed by atoms with Gasteiger partial charge in [0, 0.05) is 0 Å². The van der Waals surface area contributed by atoms with Crippen molar-refractivity contribution < 1.29 is 19.4 Å². The number of hydrogen-bond acceptors (Lipinski definition) is 5. The van der Waals surface area contributed by atoms with Gasteiger partial charge in [0.2, 0.25) is 0 Å². The lowest BCUT2D eigenvalue weighted by atomic mass is 10.0. The molecule has 1 aromatic heterocycles. The van der Waals surface area contributed by atoms with Crippen LogP contribution in [-0.4, -0.2) is 29.5 Å². The second kappa shape index (κ2) is 8.65. The van der Waals surface area contributed by atoms with Gasteiger partial charge in [-0.15, -0.1) is 0 Å². The summed E-state index contributed by atoms with van der Waals surface area (Å²) in [6.45, 7) is 7.51. The maximum atomic E-state index is 11.7. The van der Waals surface area contributed by atoms with Crippen LogP contribution in [0, 0.1) is 6.92 Å². The van der Waals surface area contributed by atoms with Crippen LogP contribution in [-0.2, 0) is 0 Å². The van der Waals surface area contributed by atoms with Crippen molar-refractivity contribution in [3.05, 3.63) is 64.1 Å². The average molecular weight is 344 g/mol. The Kier molecular flexibility index (Phi) is 6.56. The molecule has 0 spiro atoms. The monoisotopic (exact) mass is 344 g/mol. The fourth-order valence-corrected chi connectivity index (χ4v) is 2.54. The molecule has 0 fully saturated rings. The van der Waals surface area contributed by atoms with Crippen LogP contribution in [0.4, 0.5) is 0 Å². The molecule has 0 amide bonds. The summed E-state index contributed by atoms with van der Waals surface area (Å²) >= 11 is 0. The van der Waals surface area contributed by atoms with E-state index in [1.807, 2.05) is 19.1 Å². The van der Waals surface area contributed by atoms with Crippen LogP contribution in [0.2, 0.25) is 0 Å². The summed E-state index contributed by atoms with van der Waals surface area (Å²) in [6.07, 6.45) is 2.23. The van der Waals surface area contributed by atoms with Gasteiger partial charge in [-0.25, -0.2) is 4.79 Å². The fourth-order valence-electron chi connectivity index (χ4n) is 2.54. The van der Waals surface area contributed by atoms with Crippen LogP contribution in [0.25, 0.3) is 11.0 Å². The van der Waals surface area contributed by atoms with Gasteiger partial charge in [-0.2, -0.15) is 0 Å². The molecule has 0 aliphatic heterocycles. The molecule has 1 atom stereocenters. The molecule has 0 saturated heterocycles. The zero-order valence-corrected chi connectivity index (χ0v) is 14.6. The molecule has 1 heterocycles. The van der Waals surface area contributed by atoms with Crippen molar-refractivity contribution in [3.8, 4) is 5.75 Å². The first-order valence-corrected chi connectivity index (χ1v) is 8.21. The molecular formula is C20H24O5. The fraction of sp³-hybridized carbons (Fsp3) is 0.350. The lowest BCUT2D eigenvalue weighted by Crippen LogP contribution is -2.09. The molecule has 134 valence electrons. The van der Waals surface area contributed by atoms with Crippen molar-refractivity contribution in [3.63, 3.8) is 0 Å². The predicted molar refractivity (Wildman–Crippen MR) is 97.9 cm³/mol. The predicted octanol–water partition coefficient (Wildman–Crippen LogP) is 3.12. The maximum Gasteiger partial charge on any atom is 0.339 e. The van der Waals surface area contributed by atoms with Gasteiger partial charge in [-0.1, -0.05) is 24.3 Å². The van der Waals surface area contributed by atoms with E-state index in [9.17, 15) is 15.0 Å². The van der Waals surface area contributed by atoms with E-state index in [2.05, 4.69) is 6.58 Å². The third-order valence-corrected chi connectivity index (χ3v) is 4.06. The van der Waals surface area contributed by atoms with Crippen LogP contribution < -0.4 is 10.4 Å². The van der Waals surface area contributed by atoms with E-state index in [4.69, 9.17) is 9.15 Å². The Morgan fingerprint density at radius 2 is 2.20 bits per heavy atom. The lowest BCUT2D eigenvalue weighted by Gasteiger charge is -2.12. The highest BCUT2D eigenvalue weighted by Crippen LogP contribution is 2.27. The van der Waals surface area contributed by atoms with E-state index >= 15 is 0 Å². The normalized spacial score (nSPS) is 13.0. The first-order valence-electron chi connectivity index (χ1n) is 8.21. The number of ether oxygens (including phenoxy) is 1. The highest BCUT2D eigenvalue weighted by Gasteiger charge is 2.09. The minimum atomic E-state index is -0.582. The van der Waals surface area contributed by atoms with Gasteiger partial charge < -0.3 is 19.4 Å². The van der Waals surface area contributed by atoms with Gasteiger partial charge in [-0.05, 0) is 50.0 Å². The Balaban J connectivity index is 2.11. The third-order valence-electron chi connectivity index (χ3n) is 4.06. The quantitative estimate of drug-likeness (QED) is 0.568. The molecule has 0 saturated carbocycles. The summed E-state index contributed by atoms with van der Waals surface area (Å²) in [6, 6.07) is 6.79. The smallest absolute Gasteiger partial charge is 0.339 e. The van der Waals surface area contributed by atoms with Crippen LogP contribution in [0.3, 0.4) is 0 Å². The summed E-state index contributed by atoms with van der Waals surface area (Å²) in [4.78, 5) is 11.7. The topological polar surface area (TPSA) is 79.9 Å². The van der Waals surface area contributed by atoms with E-state index in [0.29, 0.717) is 29.7 Å². The van der Waals surface area contributed by atoms with Crippen LogP contribution in [0.5, 0.6) is 5.75 Å². The number of aliphatic hydroxyl groups is 2. The number of aryl methyl sites for hydroxylation is 1. The molecule has 0 aliphatic rings. The van der Waals surface area contributed by atoms with Crippen molar-refractivity contribution in [1.29, 1.82) is 0 Å². The molecule has 5 nitrogen and oxygen atoms in total. The van der Waals surface area contributed by atoms with Crippen molar-refractivity contribution >= 4 is 11.0 Å². The molecule has 0 radical (unpaired) electrons. The molecule has 2 rings (SSSR count). The minimum Gasteiger partial charge on any atom is -0.488 e. The Labute approximate surface area is 146 Å². The maximum absolute atomic E-state index is 11.7. The summed E-state index contributed by atoms with van der Waals surface area (Å²) in [7, 11) is 0. The highest BCUT2D eigenvalue weighted by molar-refractivity contribution is 5.86. The number of fused-ring (bicyclic) bond motifs is 1. The van der Waals surface area contributed by atoms with Crippen LogP contribution in [0.15, 0.2) is 57.3 Å². The molecule has 2 aromatic rings. The summed E-state index contributed by atoms with van der Waals surface area (Å²) in [5.41, 5.74) is 2.44. The van der Waals surface area contributed by atoms with Gasteiger partial charge in [-0.3, -0.25) is 0 Å². The molecule has 1 unspecified atom stereocenters. The van der Waals surface area contributed by atoms with Gasteiger partial charge in [0.05, 0.1) is 24.2 Å². The first kappa shape index (κ1) is 19.0. The summed E-state index contributed by atoms with van der Waals surface area (Å²) in [5.74, 6) is 0.458. The average Bonchev–Trinajstić information content (AvgIpc) is 2.57. The first-order chi connectivity index (χ1) is 11.9. The zero-order valence-electron chi connectivity index (χ0n) is 14.6. The molecule has 2 N–H and O–H groups in total. The summed E-state index contributed by atoms with van der Waals surface area (Å²) in [5, 5.41) is 20.0.